The number of benzene rings is 1. The van der Waals surface area contributed by atoms with Gasteiger partial charge in [0.1, 0.15) is 11.7 Å². The van der Waals surface area contributed by atoms with Crippen molar-refractivity contribution in [3.8, 4) is 0 Å². The van der Waals surface area contributed by atoms with Crippen LogP contribution in [0.3, 0.4) is 0 Å². The number of rotatable bonds is 6. The maximum atomic E-state index is 12.8. The molecular weight excluding hydrogens is 346 g/mol. The summed E-state index contributed by atoms with van der Waals surface area (Å²) in [6.45, 7) is 0. The first-order chi connectivity index (χ1) is 12.7. The third-order valence-electron chi connectivity index (χ3n) is 4.41. The summed E-state index contributed by atoms with van der Waals surface area (Å²) in [5.74, 6) is -0.451. The van der Waals surface area contributed by atoms with Gasteiger partial charge in [-0.2, -0.15) is 0 Å². The van der Waals surface area contributed by atoms with Crippen molar-refractivity contribution >= 4 is 33.2 Å². The molecule has 26 heavy (non-hydrogen) atoms. The number of fused-ring (bicyclic) bond motifs is 1. The Morgan fingerprint density at radius 1 is 1.15 bits per heavy atom. The Labute approximate surface area is 155 Å². The first-order valence-corrected chi connectivity index (χ1v) is 9.56. The number of amides is 2. The van der Waals surface area contributed by atoms with E-state index in [1.807, 2.05) is 47.8 Å². The van der Waals surface area contributed by atoms with Crippen molar-refractivity contribution < 1.29 is 9.59 Å². The number of aromatic nitrogens is 1. The number of thiophene rings is 1. The van der Waals surface area contributed by atoms with E-state index in [2.05, 4.69) is 15.6 Å². The van der Waals surface area contributed by atoms with Crippen molar-refractivity contribution in [2.24, 2.45) is 0 Å². The smallest absolute Gasteiger partial charge is 0.272 e. The third-order valence-corrected chi connectivity index (χ3v) is 5.35. The van der Waals surface area contributed by atoms with E-state index in [-0.39, 0.29) is 17.9 Å². The lowest BCUT2D eigenvalue weighted by Gasteiger charge is -2.18. The summed E-state index contributed by atoms with van der Waals surface area (Å²) >= 11 is 1.48. The lowest BCUT2D eigenvalue weighted by molar-refractivity contribution is -0.123. The van der Waals surface area contributed by atoms with Crippen LogP contribution in [0.4, 0.5) is 0 Å². The van der Waals surface area contributed by atoms with Crippen LogP contribution in [0.2, 0.25) is 0 Å². The van der Waals surface area contributed by atoms with Crippen LogP contribution in [0.15, 0.2) is 54.0 Å². The molecule has 1 saturated carbocycles. The second-order valence-electron chi connectivity index (χ2n) is 6.50. The van der Waals surface area contributed by atoms with Gasteiger partial charge in [0.25, 0.3) is 5.91 Å². The molecular formula is C20H19N3O2S. The molecule has 0 bridgehead atoms. The van der Waals surface area contributed by atoms with E-state index in [4.69, 9.17) is 0 Å². The van der Waals surface area contributed by atoms with Crippen LogP contribution in [0.1, 0.15) is 28.9 Å². The second-order valence-corrected chi connectivity index (χ2v) is 7.41. The molecule has 5 nitrogen and oxygen atoms in total. The third kappa shape index (κ3) is 3.75. The van der Waals surface area contributed by atoms with Gasteiger partial charge in [-0.3, -0.25) is 9.59 Å². The standard InChI is InChI=1S/C20H19N3O2S/c24-19(22-15-6-7-15)16(12-13-4-2-1-3-5-13)23-20(25)17-18-14(8-10-21-17)9-11-26-18/h1-5,8-11,15-16H,6-7,12H2,(H,22,24)(H,23,25). The van der Waals surface area contributed by atoms with E-state index in [1.165, 1.54) is 11.3 Å². The van der Waals surface area contributed by atoms with Gasteiger partial charge in [0.2, 0.25) is 5.91 Å². The highest BCUT2D eigenvalue weighted by molar-refractivity contribution is 7.17. The Hall–Kier alpha value is -2.73. The molecule has 1 aliphatic rings. The zero-order chi connectivity index (χ0) is 17.9. The quantitative estimate of drug-likeness (QED) is 0.706. The monoisotopic (exact) mass is 365 g/mol. The Morgan fingerprint density at radius 2 is 1.96 bits per heavy atom. The SMILES string of the molecule is O=C(NC(Cc1ccccc1)C(=O)NC1CC1)c1nccc2ccsc12. The highest BCUT2D eigenvalue weighted by Gasteiger charge is 2.29. The molecule has 0 aliphatic heterocycles. The largest absolute Gasteiger partial charge is 0.352 e. The molecule has 6 heteroatoms. The molecule has 4 rings (SSSR count). The first kappa shape index (κ1) is 16.7. The van der Waals surface area contributed by atoms with Crippen LogP contribution >= 0.6 is 11.3 Å². The maximum Gasteiger partial charge on any atom is 0.272 e. The number of nitrogens with one attached hydrogen (secondary N) is 2. The summed E-state index contributed by atoms with van der Waals surface area (Å²) in [7, 11) is 0. The molecule has 1 atom stereocenters. The van der Waals surface area contributed by atoms with Gasteiger partial charge in [0.05, 0.1) is 4.70 Å². The molecule has 1 aliphatic carbocycles. The highest BCUT2D eigenvalue weighted by atomic mass is 32.1. The van der Waals surface area contributed by atoms with Crippen molar-refractivity contribution in [1.82, 2.24) is 15.6 Å². The highest BCUT2D eigenvalue weighted by Crippen LogP contribution is 2.23. The predicted octanol–water partition coefficient (Wildman–Crippen LogP) is 2.92. The molecule has 1 unspecified atom stereocenters. The minimum atomic E-state index is -0.623. The van der Waals surface area contributed by atoms with E-state index < -0.39 is 6.04 Å². The van der Waals surface area contributed by atoms with Crippen molar-refractivity contribution in [2.45, 2.75) is 31.3 Å². The van der Waals surface area contributed by atoms with Crippen molar-refractivity contribution in [3.05, 3.63) is 65.3 Å². The minimum absolute atomic E-state index is 0.136. The van der Waals surface area contributed by atoms with E-state index in [9.17, 15) is 9.59 Å². The maximum absolute atomic E-state index is 12.8. The fraction of sp³-hybridized carbons (Fsp3) is 0.250. The summed E-state index contributed by atoms with van der Waals surface area (Å²) < 4.78 is 0.839. The van der Waals surface area contributed by atoms with Crippen molar-refractivity contribution in [3.63, 3.8) is 0 Å². The molecule has 2 aromatic heterocycles. The van der Waals surface area contributed by atoms with Gasteiger partial charge in [0, 0.05) is 18.7 Å². The molecule has 132 valence electrons. The van der Waals surface area contributed by atoms with Crippen LogP contribution < -0.4 is 10.6 Å². The van der Waals surface area contributed by atoms with E-state index in [0.29, 0.717) is 12.1 Å². The fourth-order valence-corrected chi connectivity index (χ4v) is 3.75. The predicted molar refractivity (Wildman–Crippen MR) is 102 cm³/mol. The summed E-state index contributed by atoms with van der Waals surface area (Å²) in [6, 6.07) is 13.2. The van der Waals surface area contributed by atoms with Crippen LogP contribution in [-0.4, -0.2) is 28.9 Å². The topological polar surface area (TPSA) is 71.1 Å². The van der Waals surface area contributed by atoms with Gasteiger partial charge in [-0.25, -0.2) is 4.98 Å². The first-order valence-electron chi connectivity index (χ1n) is 8.68. The number of nitrogens with zero attached hydrogens (tertiary/aromatic N) is 1. The van der Waals surface area contributed by atoms with Crippen molar-refractivity contribution in [2.75, 3.05) is 0 Å². The molecule has 0 spiro atoms. The van der Waals surface area contributed by atoms with Gasteiger partial charge in [-0.15, -0.1) is 11.3 Å². The number of carbonyl (C=O) groups excluding carboxylic acids is 2. The average molecular weight is 365 g/mol. The van der Waals surface area contributed by atoms with Gasteiger partial charge in [-0.05, 0) is 41.3 Å². The Kier molecular flexibility index (Phi) is 4.67. The number of hydrogen-bond acceptors (Lipinski definition) is 4. The normalized spacial score (nSPS) is 14.8. The van der Waals surface area contributed by atoms with E-state index in [1.54, 1.807) is 6.20 Å². The summed E-state index contributed by atoms with van der Waals surface area (Å²) in [5.41, 5.74) is 1.38. The number of carbonyl (C=O) groups is 2. The molecule has 1 fully saturated rings. The Balaban J connectivity index is 1.55. The summed E-state index contributed by atoms with van der Waals surface area (Å²) in [6.07, 6.45) is 4.09. The molecule has 2 N–H and O–H groups in total. The Bertz CT molecular complexity index is 934. The van der Waals surface area contributed by atoms with Crippen molar-refractivity contribution in [1.29, 1.82) is 0 Å². The summed E-state index contributed by atoms with van der Waals surface area (Å²) in [4.78, 5) is 29.7. The lowest BCUT2D eigenvalue weighted by atomic mass is 10.0. The molecule has 2 amide bonds. The van der Waals surface area contributed by atoms with Gasteiger partial charge in [-0.1, -0.05) is 30.3 Å². The molecule has 2 heterocycles. The zero-order valence-electron chi connectivity index (χ0n) is 14.1. The van der Waals surface area contributed by atoms with Crippen LogP contribution in [0.5, 0.6) is 0 Å². The molecule has 3 aromatic rings. The van der Waals surface area contributed by atoms with Gasteiger partial charge < -0.3 is 10.6 Å². The van der Waals surface area contributed by atoms with Gasteiger partial charge in [0.15, 0.2) is 0 Å². The summed E-state index contributed by atoms with van der Waals surface area (Å²) in [5, 5.41) is 8.80. The van der Waals surface area contributed by atoms with Crippen LogP contribution in [-0.2, 0) is 11.2 Å². The minimum Gasteiger partial charge on any atom is -0.352 e. The molecule has 1 aromatic carbocycles. The van der Waals surface area contributed by atoms with E-state index in [0.717, 1.165) is 28.5 Å². The lowest BCUT2D eigenvalue weighted by Crippen LogP contribution is -2.48. The number of hydrogen-bond donors (Lipinski definition) is 2. The van der Waals surface area contributed by atoms with Crippen LogP contribution in [0.25, 0.3) is 10.1 Å². The molecule has 0 saturated heterocycles. The second kappa shape index (κ2) is 7.25. The van der Waals surface area contributed by atoms with Crippen LogP contribution in [0, 0.1) is 0 Å². The average Bonchev–Trinajstić information content (AvgIpc) is 3.33. The van der Waals surface area contributed by atoms with E-state index >= 15 is 0 Å². The zero-order valence-corrected chi connectivity index (χ0v) is 15.0. The number of pyridine rings is 1. The van der Waals surface area contributed by atoms with Gasteiger partial charge >= 0.3 is 0 Å². The fourth-order valence-electron chi connectivity index (χ4n) is 2.87. The molecule has 0 radical (unpaired) electrons. The Morgan fingerprint density at radius 3 is 2.73 bits per heavy atom.